The number of rotatable bonds is 7. The van der Waals surface area contributed by atoms with Gasteiger partial charge >= 0.3 is 0 Å². The van der Waals surface area contributed by atoms with E-state index in [0.29, 0.717) is 19.0 Å². The van der Waals surface area contributed by atoms with Crippen LogP contribution >= 0.6 is 0 Å². The lowest BCUT2D eigenvalue weighted by Crippen LogP contribution is -2.53. The van der Waals surface area contributed by atoms with Gasteiger partial charge in [0, 0.05) is 18.2 Å². The van der Waals surface area contributed by atoms with Gasteiger partial charge in [-0.3, -0.25) is 4.79 Å². The predicted octanol–water partition coefficient (Wildman–Crippen LogP) is 2.70. The van der Waals surface area contributed by atoms with Crippen LogP contribution in [-0.4, -0.2) is 29.5 Å². The van der Waals surface area contributed by atoms with Gasteiger partial charge in [-0.25, -0.2) is 0 Å². The van der Waals surface area contributed by atoms with Crippen LogP contribution in [0.15, 0.2) is 24.3 Å². The Bertz CT molecular complexity index is 495. The molecule has 2 N–H and O–H groups in total. The molecule has 1 atom stereocenters. The highest BCUT2D eigenvalue weighted by Gasteiger charge is 2.39. The fourth-order valence-corrected chi connectivity index (χ4v) is 2.72. The van der Waals surface area contributed by atoms with E-state index in [1.54, 1.807) is 7.11 Å². The zero-order valence-corrected chi connectivity index (χ0v) is 13.3. The summed E-state index contributed by atoms with van der Waals surface area (Å²) in [6.07, 6.45) is 3.76. The van der Waals surface area contributed by atoms with Crippen LogP contribution in [0, 0.1) is 0 Å². The Labute approximate surface area is 127 Å². The van der Waals surface area contributed by atoms with Crippen LogP contribution in [0.5, 0.6) is 5.75 Å². The molecule has 0 aromatic heterocycles. The number of benzene rings is 1. The molecule has 0 aliphatic heterocycles. The topological polar surface area (TPSA) is 55.6 Å². The number of nitrogens with two attached hydrogens (primary N) is 1. The zero-order chi connectivity index (χ0) is 15.5. The summed E-state index contributed by atoms with van der Waals surface area (Å²) >= 11 is 0. The molecular formula is C17H26N2O2. The van der Waals surface area contributed by atoms with Crippen molar-refractivity contribution in [1.82, 2.24) is 4.90 Å². The minimum absolute atomic E-state index is 0.0535. The molecule has 1 amide bonds. The highest BCUT2D eigenvalue weighted by atomic mass is 16.5. The van der Waals surface area contributed by atoms with Gasteiger partial charge in [-0.15, -0.1) is 0 Å². The maximum Gasteiger partial charge on any atom is 0.242 e. The first-order valence-corrected chi connectivity index (χ1v) is 7.71. The number of methoxy groups -OCH3 is 1. The Balaban J connectivity index is 2.18. The van der Waals surface area contributed by atoms with Gasteiger partial charge in [0.15, 0.2) is 0 Å². The summed E-state index contributed by atoms with van der Waals surface area (Å²) in [5, 5.41) is 0. The van der Waals surface area contributed by atoms with E-state index in [0.717, 1.165) is 30.6 Å². The summed E-state index contributed by atoms with van der Waals surface area (Å²) in [5.41, 5.74) is 6.50. The van der Waals surface area contributed by atoms with Gasteiger partial charge in [-0.2, -0.15) is 0 Å². The Morgan fingerprint density at radius 1 is 1.43 bits per heavy atom. The third-order valence-electron chi connectivity index (χ3n) is 4.04. The van der Waals surface area contributed by atoms with E-state index in [1.807, 2.05) is 36.1 Å². The second-order valence-electron chi connectivity index (χ2n) is 6.14. The molecule has 1 aromatic carbocycles. The van der Waals surface area contributed by atoms with E-state index in [9.17, 15) is 4.79 Å². The molecule has 1 aromatic rings. The fraction of sp³-hybridized carbons (Fsp3) is 0.588. The fourth-order valence-electron chi connectivity index (χ4n) is 2.72. The van der Waals surface area contributed by atoms with Crippen molar-refractivity contribution < 1.29 is 9.53 Å². The highest BCUT2D eigenvalue weighted by Crippen LogP contribution is 2.32. The van der Waals surface area contributed by atoms with Gasteiger partial charge in [0.1, 0.15) is 5.75 Å². The van der Waals surface area contributed by atoms with Gasteiger partial charge in [-0.1, -0.05) is 31.5 Å². The van der Waals surface area contributed by atoms with Crippen molar-refractivity contribution in [3.05, 3.63) is 29.8 Å². The monoisotopic (exact) mass is 290 g/mol. The Morgan fingerprint density at radius 3 is 2.67 bits per heavy atom. The smallest absolute Gasteiger partial charge is 0.242 e. The molecule has 4 heteroatoms. The molecule has 1 fully saturated rings. The minimum Gasteiger partial charge on any atom is -0.496 e. The minimum atomic E-state index is -0.778. The molecule has 21 heavy (non-hydrogen) atoms. The molecule has 0 saturated heterocycles. The molecule has 0 bridgehead atoms. The summed E-state index contributed by atoms with van der Waals surface area (Å²) in [6, 6.07) is 8.19. The average Bonchev–Trinajstić information content (AvgIpc) is 3.29. The maximum absolute atomic E-state index is 12.8. The van der Waals surface area contributed by atoms with E-state index >= 15 is 0 Å². The van der Waals surface area contributed by atoms with Crippen molar-refractivity contribution in [3.8, 4) is 5.75 Å². The molecule has 4 nitrogen and oxygen atoms in total. The average molecular weight is 290 g/mol. The van der Waals surface area contributed by atoms with Crippen LogP contribution in [-0.2, 0) is 11.3 Å². The maximum atomic E-state index is 12.8. The van der Waals surface area contributed by atoms with Crippen LogP contribution in [0.1, 0.15) is 45.1 Å². The first-order valence-electron chi connectivity index (χ1n) is 7.71. The predicted molar refractivity (Wildman–Crippen MR) is 84.1 cm³/mol. The van der Waals surface area contributed by atoms with Crippen LogP contribution in [0.3, 0.4) is 0 Å². The number of hydrogen-bond acceptors (Lipinski definition) is 3. The number of carbonyl (C=O) groups is 1. The molecule has 0 spiro atoms. The second kappa shape index (κ2) is 6.48. The molecule has 1 unspecified atom stereocenters. The first kappa shape index (κ1) is 15.8. The summed E-state index contributed by atoms with van der Waals surface area (Å²) in [7, 11) is 1.66. The third-order valence-corrected chi connectivity index (χ3v) is 4.04. The van der Waals surface area contributed by atoms with E-state index in [4.69, 9.17) is 10.5 Å². The number of amides is 1. The van der Waals surface area contributed by atoms with Crippen molar-refractivity contribution in [1.29, 1.82) is 0 Å². The quantitative estimate of drug-likeness (QED) is 0.840. The van der Waals surface area contributed by atoms with Gasteiger partial charge in [-0.05, 0) is 32.3 Å². The van der Waals surface area contributed by atoms with Gasteiger partial charge < -0.3 is 15.4 Å². The van der Waals surface area contributed by atoms with E-state index in [-0.39, 0.29) is 5.91 Å². The summed E-state index contributed by atoms with van der Waals surface area (Å²) < 4.78 is 5.39. The normalized spacial score (nSPS) is 17.1. The van der Waals surface area contributed by atoms with Crippen molar-refractivity contribution in [2.45, 2.75) is 57.7 Å². The molecule has 0 heterocycles. The van der Waals surface area contributed by atoms with Gasteiger partial charge in [0.05, 0.1) is 12.6 Å². The lowest BCUT2D eigenvalue weighted by atomic mass is 9.95. The summed E-state index contributed by atoms with van der Waals surface area (Å²) in [5.74, 6) is 0.878. The second-order valence-corrected chi connectivity index (χ2v) is 6.14. The summed E-state index contributed by atoms with van der Waals surface area (Å²) in [4.78, 5) is 14.7. The standard InChI is InChI=1S/C17H26N2O2/c1-4-11-17(2,18)16(20)19(14-9-10-14)12-13-7-5-6-8-15(13)21-3/h5-8,14H,4,9-12,18H2,1-3H3. The Morgan fingerprint density at radius 2 is 2.10 bits per heavy atom. The number of hydrogen-bond donors (Lipinski definition) is 1. The largest absolute Gasteiger partial charge is 0.496 e. The van der Waals surface area contributed by atoms with Crippen LogP contribution in [0.2, 0.25) is 0 Å². The third kappa shape index (κ3) is 3.76. The molecule has 1 aliphatic carbocycles. The van der Waals surface area contributed by atoms with Gasteiger partial charge in [0.25, 0.3) is 0 Å². The SMILES string of the molecule is CCCC(C)(N)C(=O)N(Cc1ccccc1OC)C1CC1. The highest BCUT2D eigenvalue weighted by molar-refractivity contribution is 5.86. The molecule has 0 radical (unpaired) electrons. The molecule has 1 saturated carbocycles. The van der Waals surface area contributed by atoms with Crippen LogP contribution < -0.4 is 10.5 Å². The first-order chi connectivity index (χ1) is 9.99. The van der Waals surface area contributed by atoms with Crippen molar-refractivity contribution >= 4 is 5.91 Å². The lowest BCUT2D eigenvalue weighted by Gasteiger charge is -2.32. The molecular weight excluding hydrogens is 264 g/mol. The Hall–Kier alpha value is -1.55. The number of nitrogens with zero attached hydrogens (tertiary/aromatic N) is 1. The van der Waals surface area contributed by atoms with Crippen molar-refractivity contribution in [3.63, 3.8) is 0 Å². The van der Waals surface area contributed by atoms with Crippen LogP contribution in [0.4, 0.5) is 0 Å². The number of para-hydroxylation sites is 1. The lowest BCUT2D eigenvalue weighted by molar-refractivity contribution is -0.138. The summed E-state index contributed by atoms with van der Waals surface area (Å²) in [6.45, 7) is 4.47. The van der Waals surface area contributed by atoms with E-state index in [1.165, 1.54) is 0 Å². The number of ether oxygens (including phenoxy) is 1. The van der Waals surface area contributed by atoms with E-state index < -0.39 is 5.54 Å². The molecule has 2 rings (SSSR count). The zero-order valence-electron chi connectivity index (χ0n) is 13.3. The van der Waals surface area contributed by atoms with Crippen LogP contribution in [0.25, 0.3) is 0 Å². The van der Waals surface area contributed by atoms with Crippen molar-refractivity contribution in [2.75, 3.05) is 7.11 Å². The van der Waals surface area contributed by atoms with Gasteiger partial charge in [0.2, 0.25) is 5.91 Å². The molecule has 1 aliphatic rings. The molecule has 116 valence electrons. The van der Waals surface area contributed by atoms with E-state index in [2.05, 4.69) is 6.92 Å². The Kier molecular flexibility index (Phi) is 4.88. The van der Waals surface area contributed by atoms with Crippen molar-refractivity contribution in [2.24, 2.45) is 5.73 Å². The number of carbonyl (C=O) groups excluding carboxylic acids is 1.